The number of nitrogens with one attached hydrogen (secondary N) is 2. The Labute approximate surface area is 133 Å². The standard InChI is InChI=1S/C17H16N2O4/c20-16(17(21)19-12-6-2-1-3-7-12)18-10-13-11-22-14-8-4-5-9-15(14)23-13/h1-9,13H,10-11H2,(H,18,20)(H,19,21). The molecule has 118 valence electrons. The fourth-order valence-corrected chi connectivity index (χ4v) is 2.16. The SMILES string of the molecule is O=C(NCC1COc2ccccc2O1)C(=O)Nc1ccccc1. The van der Waals surface area contributed by atoms with E-state index in [1.54, 1.807) is 30.3 Å². The van der Waals surface area contributed by atoms with Crippen molar-refractivity contribution in [1.29, 1.82) is 0 Å². The topological polar surface area (TPSA) is 76.7 Å². The number of benzene rings is 2. The summed E-state index contributed by atoms with van der Waals surface area (Å²) in [6.45, 7) is 0.507. The first-order valence-corrected chi connectivity index (χ1v) is 7.25. The van der Waals surface area contributed by atoms with E-state index >= 15 is 0 Å². The van der Waals surface area contributed by atoms with Crippen molar-refractivity contribution in [2.24, 2.45) is 0 Å². The number of carbonyl (C=O) groups is 2. The summed E-state index contributed by atoms with van der Waals surface area (Å²) in [4.78, 5) is 23.6. The van der Waals surface area contributed by atoms with Crippen LogP contribution in [0.5, 0.6) is 11.5 Å². The fourth-order valence-electron chi connectivity index (χ4n) is 2.16. The molecule has 0 aromatic heterocycles. The Kier molecular flexibility index (Phi) is 4.42. The van der Waals surface area contributed by atoms with Crippen molar-refractivity contribution in [2.75, 3.05) is 18.5 Å². The molecule has 2 aromatic rings. The van der Waals surface area contributed by atoms with Crippen LogP contribution in [0, 0.1) is 0 Å². The van der Waals surface area contributed by atoms with Gasteiger partial charge >= 0.3 is 11.8 Å². The lowest BCUT2D eigenvalue weighted by atomic mass is 10.2. The molecule has 6 nitrogen and oxygen atoms in total. The van der Waals surface area contributed by atoms with Crippen molar-refractivity contribution in [3.8, 4) is 11.5 Å². The maximum Gasteiger partial charge on any atom is 0.313 e. The molecule has 2 N–H and O–H groups in total. The van der Waals surface area contributed by atoms with Crippen molar-refractivity contribution in [1.82, 2.24) is 5.32 Å². The Balaban J connectivity index is 1.49. The molecule has 0 radical (unpaired) electrons. The van der Waals surface area contributed by atoms with Gasteiger partial charge in [-0.1, -0.05) is 30.3 Å². The van der Waals surface area contributed by atoms with Crippen molar-refractivity contribution < 1.29 is 19.1 Å². The molecule has 1 aliphatic rings. The molecular formula is C17H16N2O4. The number of para-hydroxylation sites is 3. The number of fused-ring (bicyclic) bond motifs is 1. The minimum absolute atomic E-state index is 0.190. The molecule has 1 aliphatic heterocycles. The second-order valence-corrected chi connectivity index (χ2v) is 5.03. The highest BCUT2D eigenvalue weighted by Gasteiger charge is 2.22. The molecule has 23 heavy (non-hydrogen) atoms. The molecule has 1 unspecified atom stereocenters. The van der Waals surface area contributed by atoms with Gasteiger partial charge in [-0.3, -0.25) is 9.59 Å². The molecule has 3 rings (SSSR count). The molecule has 0 fully saturated rings. The number of hydrogen-bond donors (Lipinski definition) is 2. The lowest BCUT2D eigenvalue weighted by Gasteiger charge is -2.26. The van der Waals surface area contributed by atoms with E-state index in [1.165, 1.54) is 0 Å². The quantitative estimate of drug-likeness (QED) is 0.844. The summed E-state index contributed by atoms with van der Waals surface area (Å²) >= 11 is 0. The highest BCUT2D eigenvalue weighted by atomic mass is 16.6. The second-order valence-electron chi connectivity index (χ2n) is 5.03. The van der Waals surface area contributed by atoms with E-state index in [-0.39, 0.29) is 12.6 Å². The van der Waals surface area contributed by atoms with Crippen LogP contribution in [-0.4, -0.2) is 31.1 Å². The van der Waals surface area contributed by atoms with Gasteiger partial charge in [0, 0.05) is 5.69 Å². The van der Waals surface area contributed by atoms with Crippen LogP contribution in [0.25, 0.3) is 0 Å². The number of rotatable bonds is 3. The van der Waals surface area contributed by atoms with E-state index in [4.69, 9.17) is 9.47 Å². The molecule has 0 saturated carbocycles. The van der Waals surface area contributed by atoms with Crippen LogP contribution in [0.15, 0.2) is 54.6 Å². The predicted octanol–water partition coefficient (Wildman–Crippen LogP) is 1.58. The average Bonchev–Trinajstić information content (AvgIpc) is 2.60. The Hall–Kier alpha value is -3.02. The third kappa shape index (κ3) is 3.79. The Morgan fingerprint density at radius 3 is 2.43 bits per heavy atom. The second kappa shape index (κ2) is 6.83. The van der Waals surface area contributed by atoms with Crippen molar-refractivity contribution in [2.45, 2.75) is 6.10 Å². The number of ether oxygens (including phenoxy) is 2. The van der Waals surface area contributed by atoms with Gasteiger partial charge < -0.3 is 20.1 Å². The molecule has 1 heterocycles. The minimum Gasteiger partial charge on any atom is -0.486 e. The van der Waals surface area contributed by atoms with Gasteiger partial charge in [-0.15, -0.1) is 0 Å². The Morgan fingerprint density at radius 1 is 0.957 bits per heavy atom. The molecule has 0 aliphatic carbocycles. The molecule has 0 bridgehead atoms. The van der Waals surface area contributed by atoms with Crippen LogP contribution in [-0.2, 0) is 9.59 Å². The van der Waals surface area contributed by atoms with E-state index in [0.29, 0.717) is 23.8 Å². The van der Waals surface area contributed by atoms with Crippen LogP contribution < -0.4 is 20.1 Å². The average molecular weight is 312 g/mol. The third-order valence-corrected chi connectivity index (χ3v) is 3.30. The van der Waals surface area contributed by atoms with E-state index in [2.05, 4.69) is 10.6 Å². The summed E-state index contributed by atoms with van der Waals surface area (Å²) in [5.41, 5.74) is 0.568. The van der Waals surface area contributed by atoms with Crippen LogP contribution in [0.1, 0.15) is 0 Å². The number of carbonyl (C=O) groups excluding carboxylic acids is 2. The summed E-state index contributed by atoms with van der Waals surface area (Å²) in [6.07, 6.45) is -0.335. The molecule has 6 heteroatoms. The molecule has 1 atom stereocenters. The van der Waals surface area contributed by atoms with E-state index < -0.39 is 11.8 Å². The molecule has 0 spiro atoms. The van der Waals surface area contributed by atoms with Crippen LogP contribution >= 0.6 is 0 Å². The van der Waals surface area contributed by atoms with E-state index in [1.807, 2.05) is 24.3 Å². The zero-order valence-corrected chi connectivity index (χ0v) is 12.3. The largest absolute Gasteiger partial charge is 0.486 e. The predicted molar refractivity (Wildman–Crippen MR) is 84.4 cm³/mol. The summed E-state index contributed by atoms with van der Waals surface area (Å²) in [5, 5.41) is 5.07. The van der Waals surface area contributed by atoms with Gasteiger partial charge in [-0.25, -0.2) is 0 Å². The van der Waals surface area contributed by atoms with E-state index in [9.17, 15) is 9.59 Å². The normalized spacial score (nSPS) is 15.6. The first-order chi connectivity index (χ1) is 11.2. The lowest BCUT2D eigenvalue weighted by Crippen LogP contribution is -2.44. The first-order valence-electron chi connectivity index (χ1n) is 7.25. The zero-order chi connectivity index (χ0) is 16.1. The van der Waals surface area contributed by atoms with Crippen molar-refractivity contribution >= 4 is 17.5 Å². The molecular weight excluding hydrogens is 296 g/mol. The molecule has 0 saturated heterocycles. The highest BCUT2D eigenvalue weighted by Crippen LogP contribution is 2.30. The van der Waals surface area contributed by atoms with Gasteiger partial charge in [0.05, 0.1) is 6.54 Å². The summed E-state index contributed by atoms with van der Waals surface area (Å²) < 4.78 is 11.3. The fraction of sp³-hybridized carbons (Fsp3) is 0.176. The van der Waals surface area contributed by atoms with Crippen molar-refractivity contribution in [3.05, 3.63) is 54.6 Å². The van der Waals surface area contributed by atoms with Gasteiger partial charge in [0.1, 0.15) is 12.7 Å². The van der Waals surface area contributed by atoms with E-state index in [0.717, 1.165) is 0 Å². The van der Waals surface area contributed by atoms with Crippen molar-refractivity contribution in [3.63, 3.8) is 0 Å². The summed E-state index contributed by atoms with van der Waals surface area (Å²) in [5.74, 6) is -0.117. The number of hydrogen-bond acceptors (Lipinski definition) is 4. The monoisotopic (exact) mass is 312 g/mol. The van der Waals surface area contributed by atoms with Gasteiger partial charge in [0.15, 0.2) is 11.5 Å². The lowest BCUT2D eigenvalue weighted by molar-refractivity contribution is -0.136. The highest BCUT2D eigenvalue weighted by molar-refractivity contribution is 6.39. The van der Waals surface area contributed by atoms with Gasteiger partial charge in [0.2, 0.25) is 0 Å². The van der Waals surface area contributed by atoms with Gasteiger partial charge in [-0.2, -0.15) is 0 Å². The van der Waals surface area contributed by atoms with Gasteiger partial charge in [0.25, 0.3) is 0 Å². The van der Waals surface area contributed by atoms with Crippen LogP contribution in [0.3, 0.4) is 0 Å². The number of anilines is 1. The number of amides is 2. The Morgan fingerprint density at radius 2 is 1.65 bits per heavy atom. The summed E-state index contributed by atoms with van der Waals surface area (Å²) in [7, 11) is 0. The first kappa shape index (κ1) is 14.9. The van der Waals surface area contributed by atoms with Crippen LogP contribution in [0.2, 0.25) is 0 Å². The maximum absolute atomic E-state index is 11.8. The van der Waals surface area contributed by atoms with Gasteiger partial charge in [-0.05, 0) is 24.3 Å². The van der Waals surface area contributed by atoms with Crippen LogP contribution in [0.4, 0.5) is 5.69 Å². The Bertz CT molecular complexity index is 703. The summed E-state index contributed by atoms with van der Waals surface area (Å²) in [6, 6.07) is 16.1. The third-order valence-electron chi connectivity index (χ3n) is 3.30. The zero-order valence-electron chi connectivity index (χ0n) is 12.3. The smallest absolute Gasteiger partial charge is 0.313 e. The molecule has 2 amide bonds. The minimum atomic E-state index is -0.715. The maximum atomic E-state index is 11.8. The molecule has 2 aromatic carbocycles.